The molecule has 0 saturated carbocycles. The first-order chi connectivity index (χ1) is 5.70. The highest BCUT2D eigenvalue weighted by Gasteiger charge is 1.88. The smallest absolute Gasteiger partial charge is 0.0670 e. The van der Waals surface area contributed by atoms with E-state index in [1.54, 1.807) is 13.2 Å². The Morgan fingerprint density at radius 2 is 2.17 bits per heavy atom. The van der Waals surface area contributed by atoms with Crippen LogP contribution in [0.3, 0.4) is 0 Å². The monoisotopic (exact) mass is 166 g/mol. The maximum Gasteiger partial charge on any atom is 0.0670 e. The van der Waals surface area contributed by atoms with Crippen molar-refractivity contribution in [1.82, 2.24) is 0 Å². The topological polar surface area (TPSA) is 9.23 Å². The van der Waals surface area contributed by atoms with Gasteiger partial charge in [-0.1, -0.05) is 36.5 Å². The lowest BCUT2D eigenvalue weighted by Gasteiger charge is -1.99. The molecule has 0 aromatic heterocycles. The zero-order valence-corrected chi connectivity index (χ0v) is 8.10. The summed E-state index contributed by atoms with van der Waals surface area (Å²) in [5.41, 5.74) is 2.37. The van der Waals surface area contributed by atoms with Crippen LogP contribution in [0.25, 0.3) is 0 Å². The van der Waals surface area contributed by atoms with Crippen LogP contribution in [0.5, 0.6) is 0 Å². The molecule has 0 radical (unpaired) electrons. The van der Waals surface area contributed by atoms with E-state index >= 15 is 0 Å². The highest BCUT2D eigenvalue weighted by molar-refractivity contribution is 5.12. The van der Waals surface area contributed by atoms with Crippen molar-refractivity contribution in [3.8, 4) is 0 Å². The minimum atomic E-state index is 0.723. The fourth-order valence-electron chi connectivity index (χ4n) is 0.893. The fraction of sp³-hybridized carbons (Fsp3) is 0.455. The Labute approximate surface area is 75.4 Å². The average molecular weight is 166 g/mol. The molecule has 1 nitrogen and oxygen atoms in total. The maximum atomic E-state index is 4.98. The summed E-state index contributed by atoms with van der Waals surface area (Å²) in [6.45, 7) is 10.3. The Balaban J connectivity index is 3.58. The van der Waals surface area contributed by atoms with Gasteiger partial charge in [-0.25, -0.2) is 0 Å². The molecule has 0 rings (SSSR count). The SMILES string of the molecule is C=CC(=C)CCC=C(C)COC. The van der Waals surface area contributed by atoms with E-state index in [1.807, 2.05) is 0 Å². The zero-order chi connectivity index (χ0) is 9.40. The van der Waals surface area contributed by atoms with Gasteiger partial charge in [0.15, 0.2) is 0 Å². The van der Waals surface area contributed by atoms with E-state index in [9.17, 15) is 0 Å². The predicted molar refractivity (Wildman–Crippen MR) is 54.2 cm³/mol. The molecule has 12 heavy (non-hydrogen) atoms. The van der Waals surface area contributed by atoms with Crippen LogP contribution in [-0.4, -0.2) is 13.7 Å². The Bertz CT molecular complexity index is 177. The Kier molecular flexibility index (Phi) is 6.39. The third-order valence-corrected chi connectivity index (χ3v) is 1.62. The van der Waals surface area contributed by atoms with Gasteiger partial charge in [-0.2, -0.15) is 0 Å². The average Bonchev–Trinajstić information content (AvgIpc) is 2.04. The standard InChI is InChI=1S/C11H18O/c1-5-10(2)7-6-8-11(3)9-12-4/h5,8H,1-2,6-7,9H2,3-4H3. The first-order valence-corrected chi connectivity index (χ1v) is 4.15. The van der Waals surface area contributed by atoms with Crippen LogP contribution in [0.4, 0.5) is 0 Å². The molecule has 0 aromatic carbocycles. The summed E-state index contributed by atoms with van der Waals surface area (Å²) < 4.78 is 4.98. The van der Waals surface area contributed by atoms with Crippen molar-refractivity contribution in [1.29, 1.82) is 0 Å². The molecule has 0 aliphatic rings. The van der Waals surface area contributed by atoms with Gasteiger partial charge in [-0.05, 0) is 19.8 Å². The second kappa shape index (κ2) is 6.86. The van der Waals surface area contributed by atoms with Crippen LogP contribution in [-0.2, 0) is 4.74 Å². The first kappa shape index (κ1) is 11.2. The lowest BCUT2D eigenvalue weighted by molar-refractivity contribution is 0.225. The number of ether oxygens (including phenoxy) is 1. The lowest BCUT2D eigenvalue weighted by Crippen LogP contribution is -1.89. The molecule has 68 valence electrons. The number of hydrogen-bond acceptors (Lipinski definition) is 1. The predicted octanol–water partition coefficient (Wildman–Crippen LogP) is 3.10. The molecule has 0 N–H and O–H groups in total. The van der Waals surface area contributed by atoms with Crippen molar-refractivity contribution in [3.63, 3.8) is 0 Å². The number of rotatable bonds is 6. The van der Waals surface area contributed by atoms with Gasteiger partial charge in [0, 0.05) is 7.11 Å². The minimum absolute atomic E-state index is 0.723. The highest BCUT2D eigenvalue weighted by atomic mass is 16.5. The van der Waals surface area contributed by atoms with Crippen LogP contribution in [0.2, 0.25) is 0 Å². The van der Waals surface area contributed by atoms with E-state index in [0.717, 1.165) is 25.0 Å². The van der Waals surface area contributed by atoms with Crippen molar-refractivity contribution >= 4 is 0 Å². The van der Waals surface area contributed by atoms with Gasteiger partial charge in [0.1, 0.15) is 0 Å². The zero-order valence-electron chi connectivity index (χ0n) is 8.10. The Morgan fingerprint density at radius 3 is 2.67 bits per heavy atom. The van der Waals surface area contributed by atoms with Gasteiger partial charge in [-0.15, -0.1) is 0 Å². The third kappa shape index (κ3) is 5.93. The molecule has 0 aromatic rings. The summed E-state index contributed by atoms with van der Waals surface area (Å²) in [5.74, 6) is 0. The number of hydrogen-bond donors (Lipinski definition) is 0. The van der Waals surface area contributed by atoms with Crippen molar-refractivity contribution in [2.75, 3.05) is 13.7 Å². The normalized spacial score (nSPS) is 11.3. The minimum Gasteiger partial charge on any atom is -0.380 e. The van der Waals surface area contributed by atoms with E-state index in [0.29, 0.717) is 0 Å². The van der Waals surface area contributed by atoms with E-state index in [4.69, 9.17) is 4.74 Å². The second-order valence-corrected chi connectivity index (χ2v) is 2.88. The highest BCUT2D eigenvalue weighted by Crippen LogP contribution is 2.05. The van der Waals surface area contributed by atoms with Crippen molar-refractivity contribution in [3.05, 3.63) is 36.5 Å². The van der Waals surface area contributed by atoms with E-state index in [-0.39, 0.29) is 0 Å². The number of methoxy groups -OCH3 is 1. The molecule has 0 saturated heterocycles. The van der Waals surface area contributed by atoms with Crippen molar-refractivity contribution < 1.29 is 4.74 Å². The molecule has 0 aliphatic heterocycles. The molecule has 0 aliphatic carbocycles. The third-order valence-electron chi connectivity index (χ3n) is 1.62. The van der Waals surface area contributed by atoms with E-state index in [2.05, 4.69) is 26.2 Å². The summed E-state index contributed by atoms with van der Waals surface area (Å²) in [6.07, 6.45) is 6.00. The molecule has 1 heteroatoms. The summed E-state index contributed by atoms with van der Waals surface area (Å²) in [6, 6.07) is 0. The molecule has 0 bridgehead atoms. The molecule has 0 atom stereocenters. The maximum absolute atomic E-state index is 4.98. The van der Waals surface area contributed by atoms with E-state index in [1.165, 1.54) is 5.57 Å². The first-order valence-electron chi connectivity index (χ1n) is 4.15. The van der Waals surface area contributed by atoms with Crippen molar-refractivity contribution in [2.45, 2.75) is 19.8 Å². The summed E-state index contributed by atoms with van der Waals surface area (Å²) in [5, 5.41) is 0. The Hall–Kier alpha value is -0.820. The molecule has 0 heterocycles. The van der Waals surface area contributed by atoms with Gasteiger partial charge in [0.05, 0.1) is 6.61 Å². The van der Waals surface area contributed by atoms with Crippen molar-refractivity contribution in [2.24, 2.45) is 0 Å². The largest absolute Gasteiger partial charge is 0.380 e. The summed E-state index contributed by atoms with van der Waals surface area (Å²) in [4.78, 5) is 0. The molecule has 0 fully saturated rings. The van der Waals surface area contributed by atoms with Crippen LogP contribution < -0.4 is 0 Å². The Morgan fingerprint density at radius 1 is 1.50 bits per heavy atom. The van der Waals surface area contributed by atoms with Gasteiger partial charge >= 0.3 is 0 Å². The van der Waals surface area contributed by atoms with Crippen LogP contribution in [0.15, 0.2) is 36.5 Å². The molecule has 0 amide bonds. The lowest BCUT2D eigenvalue weighted by atomic mass is 10.1. The fourth-order valence-corrected chi connectivity index (χ4v) is 0.893. The second-order valence-electron chi connectivity index (χ2n) is 2.88. The van der Waals surface area contributed by atoms with Crippen LogP contribution in [0.1, 0.15) is 19.8 Å². The van der Waals surface area contributed by atoms with Gasteiger partial charge in [0.25, 0.3) is 0 Å². The van der Waals surface area contributed by atoms with E-state index < -0.39 is 0 Å². The molecular formula is C11H18O. The van der Waals surface area contributed by atoms with Gasteiger partial charge < -0.3 is 4.74 Å². The van der Waals surface area contributed by atoms with Crippen LogP contribution in [0, 0.1) is 0 Å². The molecular weight excluding hydrogens is 148 g/mol. The van der Waals surface area contributed by atoms with Gasteiger partial charge in [-0.3, -0.25) is 0 Å². The molecule has 0 unspecified atom stereocenters. The van der Waals surface area contributed by atoms with Gasteiger partial charge in [0.2, 0.25) is 0 Å². The molecule has 0 spiro atoms. The number of allylic oxidation sites excluding steroid dienone is 3. The summed E-state index contributed by atoms with van der Waals surface area (Å²) >= 11 is 0. The summed E-state index contributed by atoms with van der Waals surface area (Å²) in [7, 11) is 1.71. The van der Waals surface area contributed by atoms with Crippen LogP contribution >= 0.6 is 0 Å². The quantitative estimate of drug-likeness (QED) is 0.435.